The molecule has 2 unspecified atom stereocenters. The monoisotopic (exact) mass is 234 g/mol. The van der Waals surface area contributed by atoms with Crippen molar-refractivity contribution in [2.75, 3.05) is 19.7 Å². The second-order valence-electron chi connectivity index (χ2n) is 3.63. The molecule has 0 aromatic rings. The van der Waals surface area contributed by atoms with E-state index >= 15 is 0 Å². The van der Waals surface area contributed by atoms with Crippen LogP contribution in [-0.4, -0.2) is 65.8 Å². The van der Waals surface area contributed by atoms with Gasteiger partial charge in [-0.05, 0) is 13.8 Å². The minimum Gasteiger partial charge on any atom is -0.394 e. The quantitative estimate of drug-likeness (QED) is 0.509. The summed E-state index contributed by atoms with van der Waals surface area (Å²) in [4.78, 5) is 5.58. The Bertz CT molecular complexity index is 240. The Kier molecular flexibility index (Phi) is 5.11. The third-order valence-corrected chi connectivity index (χ3v) is 2.58. The van der Waals surface area contributed by atoms with Gasteiger partial charge in [0.05, 0.1) is 12.9 Å². The topological polar surface area (TPSA) is 65.3 Å². The van der Waals surface area contributed by atoms with Crippen LogP contribution in [0.5, 0.6) is 0 Å². The van der Waals surface area contributed by atoms with E-state index in [1.54, 1.807) is 4.90 Å². The van der Waals surface area contributed by atoms with Gasteiger partial charge in [-0.1, -0.05) is 0 Å². The van der Waals surface area contributed by atoms with Crippen molar-refractivity contribution < 1.29 is 19.3 Å². The van der Waals surface area contributed by atoms with Crippen molar-refractivity contribution in [3.8, 4) is 0 Å². The molecule has 94 valence electrons. The Balaban J connectivity index is 2.68. The summed E-state index contributed by atoms with van der Waals surface area (Å²) >= 11 is 0. The van der Waals surface area contributed by atoms with Crippen LogP contribution in [0.2, 0.25) is 0 Å². The van der Waals surface area contributed by atoms with Gasteiger partial charge < -0.3 is 19.8 Å². The standard InChI is InChI=1S/C10H19FN2O3/c1-3-12-6-13(4-2)10-8(11)9(15)7(5-14)16-10/h6-10,14-15H,3-5H2,1-2H3/t7?,8-,9-,10?/m1/s1. The van der Waals surface area contributed by atoms with E-state index < -0.39 is 24.6 Å². The molecule has 0 amide bonds. The largest absolute Gasteiger partial charge is 0.394 e. The molecule has 1 fully saturated rings. The molecule has 0 aliphatic carbocycles. The number of alkyl halides is 1. The van der Waals surface area contributed by atoms with Gasteiger partial charge in [-0.2, -0.15) is 0 Å². The van der Waals surface area contributed by atoms with Gasteiger partial charge >= 0.3 is 0 Å². The van der Waals surface area contributed by atoms with Crippen molar-refractivity contribution in [3.05, 3.63) is 0 Å². The van der Waals surface area contributed by atoms with Gasteiger partial charge in [0.1, 0.15) is 12.2 Å². The van der Waals surface area contributed by atoms with E-state index in [9.17, 15) is 9.50 Å². The van der Waals surface area contributed by atoms with Crippen LogP contribution < -0.4 is 0 Å². The number of aliphatic hydroxyl groups excluding tert-OH is 2. The van der Waals surface area contributed by atoms with Crippen LogP contribution in [0.3, 0.4) is 0 Å². The van der Waals surface area contributed by atoms with E-state index in [1.165, 1.54) is 6.34 Å². The summed E-state index contributed by atoms with van der Waals surface area (Å²) in [7, 11) is 0. The Hall–Kier alpha value is -0.720. The van der Waals surface area contributed by atoms with Crippen molar-refractivity contribution in [1.82, 2.24) is 4.90 Å². The highest BCUT2D eigenvalue weighted by atomic mass is 19.1. The third-order valence-electron chi connectivity index (χ3n) is 2.58. The fraction of sp³-hybridized carbons (Fsp3) is 0.900. The zero-order valence-corrected chi connectivity index (χ0v) is 9.58. The molecule has 0 aromatic carbocycles. The molecule has 1 saturated heterocycles. The van der Waals surface area contributed by atoms with Gasteiger partial charge in [-0.25, -0.2) is 4.39 Å². The molecule has 5 nitrogen and oxygen atoms in total. The zero-order valence-electron chi connectivity index (χ0n) is 9.58. The number of aliphatic imine (C=N–C) groups is 1. The molecule has 16 heavy (non-hydrogen) atoms. The average molecular weight is 234 g/mol. The minimum atomic E-state index is -1.53. The third kappa shape index (κ3) is 2.69. The highest BCUT2D eigenvalue weighted by Crippen LogP contribution is 2.25. The molecule has 0 saturated carbocycles. The summed E-state index contributed by atoms with van der Waals surface area (Å²) in [5.41, 5.74) is 0. The minimum absolute atomic E-state index is 0.388. The van der Waals surface area contributed by atoms with Crippen LogP contribution in [0, 0.1) is 0 Å². The molecule has 1 heterocycles. The molecule has 4 atom stereocenters. The summed E-state index contributed by atoms with van der Waals surface area (Å²) in [5, 5.41) is 18.4. The molecule has 0 bridgehead atoms. The molecule has 0 aromatic heterocycles. The van der Waals surface area contributed by atoms with Crippen molar-refractivity contribution in [1.29, 1.82) is 0 Å². The number of hydrogen-bond donors (Lipinski definition) is 2. The Morgan fingerprint density at radius 2 is 2.19 bits per heavy atom. The lowest BCUT2D eigenvalue weighted by Crippen LogP contribution is -2.41. The van der Waals surface area contributed by atoms with E-state index in [2.05, 4.69) is 4.99 Å². The summed E-state index contributed by atoms with van der Waals surface area (Å²) in [6, 6.07) is 0. The predicted molar refractivity (Wildman–Crippen MR) is 58.1 cm³/mol. The average Bonchev–Trinajstić information content (AvgIpc) is 2.58. The highest BCUT2D eigenvalue weighted by Gasteiger charge is 2.45. The predicted octanol–water partition coefficient (Wildman–Crippen LogP) is -0.227. The Morgan fingerprint density at radius 1 is 1.50 bits per heavy atom. The Morgan fingerprint density at radius 3 is 2.62 bits per heavy atom. The first kappa shape index (κ1) is 13.3. The molecular weight excluding hydrogens is 215 g/mol. The van der Waals surface area contributed by atoms with Gasteiger partial charge in [0.2, 0.25) is 0 Å². The first-order valence-electron chi connectivity index (χ1n) is 5.49. The van der Waals surface area contributed by atoms with Gasteiger partial charge in [-0.3, -0.25) is 4.99 Å². The van der Waals surface area contributed by atoms with E-state index in [4.69, 9.17) is 9.84 Å². The maximum atomic E-state index is 13.7. The lowest BCUT2D eigenvalue weighted by Gasteiger charge is -2.26. The molecular formula is C10H19FN2O3. The van der Waals surface area contributed by atoms with Gasteiger partial charge in [0, 0.05) is 13.1 Å². The zero-order chi connectivity index (χ0) is 12.1. The fourth-order valence-electron chi connectivity index (χ4n) is 1.63. The maximum Gasteiger partial charge on any atom is 0.173 e. The fourth-order valence-corrected chi connectivity index (χ4v) is 1.63. The number of hydrogen-bond acceptors (Lipinski definition) is 4. The summed E-state index contributed by atoms with van der Waals surface area (Å²) in [5.74, 6) is 0. The smallest absolute Gasteiger partial charge is 0.173 e. The second kappa shape index (κ2) is 6.12. The van der Waals surface area contributed by atoms with Crippen molar-refractivity contribution in [3.63, 3.8) is 0 Å². The normalized spacial score (nSPS) is 34.8. The van der Waals surface area contributed by atoms with Gasteiger partial charge in [0.15, 0.2) is 12.4 Å². The number of ether oxygens (including phenoxy) is 1. The number of aliphatic hydroxyl groups is 2. The molecule has 2 N–H and O–H groups in total. The summed E-state index contributed by atoms with van der Waals surface area (Å²) < 4.78 is 18.9. The molecule has 1 aliphatic heterocycles. The van der Waals surface area contributed by atoms with E-state index in [1.807, 2.05) is 13.8 Å². The highest BCUT2D eigenvalue weighted by molar-refractivity contribution is 5.55. The van der Waals surface area contributed by atoms with Gasteiger partial charge in [0.25, 0.3) is 0 Å². The van der Waals surface area contributed by atoms with Crippen LogP contribution in [0.4, 0.5) is 4.39 Å². The second-order valence-corrected chi connectivity index (χ2v) is 3.63. The molecule has 1 aliphatic rings. The van der Waals surface area contributed by atoms with Crippen molar-refractivity contribution in [2.45, 2.75) is 38.5 Å². The number of rotatable bonds is 5. The van der Waals surface area contributed by atoms with Crippen molar-refractivity contribution in [2.24, 2.45) is 4.99 Å². The number of nitrogens with zero attached hydrogens (tertiary/aromatic N) is 2. The first-order valence-corrected chi connectivity index (χ1v) is 5.49. The number of halogens is 1. The molecule has 0 spiro atoms. The van der Waals surface area contributed by atoms with E-state index in [0.717, 1.165) is 0 Å². The van der Waals surface area contributed by atoms with Crippen LogP contribution >= 0.6 is 0 Å². The van der Waals surface area contributed by atoms with Crippen LogP contribution in [-0.2, 0) is 4.74 Å². The molecule has 0 radical (unpaired) electrons. The van der Waals surface area contributed by atoms with Gasteiger partial charge in [-0.15, -0.1) is 0 Å². The van der Waals surface area contributed by atoms with Crippen molar-refractivity contribution >= 4 is 6.34 Å². The lowest BCUT2D eigenvalue weighted by atomic mass is 10.1. The van der Waals surface area contributed by atoms with Crippen LogP contribution in [0.25, 0.3) is 0 Å². The summed E-state index contributed by atoms with van der Waals surface area (Å²) in [6.07, 6.45) is -3.01. The maximum absolute atomic E-state index is 13.7. The lowest BCUT2D eigenvalue weighted by molar-refractivity contribution is -0.0608. The summed E-state index contributed by atoms with van der Waals surface area (Å²) in [6.45, 7) is 4.46. The first-order chi connectivity index (χ1) is 7.65. The Labute approximate surface area is 94.5 Å². The van der Waals surface area contributed by atoms with Crippen LogP contribution in [0.1, 0.15) is 13.8 Å². The SMILES string of the molecule is CCN=CN(CC)C1OC(CO)[C@@H](O)[C@H]1F. The van der Waals surface area contributed by atoms with Crippen LogP contribution in [0.15, 0.2) is 4.99 Å². The van der Waals surface area contributed by atoms with E-state index in [0.29, 0.717) is 13.1 Å². The molecule has 6 heteroatoms. The molecule has 1 rings (SSSR count). The van der Waals surface area contributed by atoms with E-state index in [-0.39, 0.29) is 6.61 Å².